The first kappa shape index (κ1) is 23.6. The maximum absolute atomic E-state index is 12.8. The molecule has 178 valence electrons. The van der Waals surface area contributed by atoms with Gasteiger partial charge in [0.15, 0.2) is 0 Å². The Hall–Kier alpha value is -3.54. The standard InChI is InChI=1S/C22H20F3N5O3S/c1-14-6-7-30(12-14)20-19(16-9-26-13-27-10-16)8-15(11-28-20)21(31)29-17-2-4-18(5-3-17)34(32,33)22(23,24)25/h2-5,8-11,13-14H,6-7,12H2,1H3,(H,29,31)/t14-/m1/s1. The number of sulfone groups is 1. The van der Waals surface area contributed by atoms with Gasteiger partial charge in [0, 0.05) is 48.5 Å². The molecule has 1 fully saturated rings. The van der Waals surface area contributed by atoms with Crippen molar-refractivity contribution < 1.29 is 26.4 Å². The van der Waals surface area contributed by atoms with E-state index in [1.54, 1.807) is 18.5 Å². The molecule has 1 amide bonds. The zero-order chi connectivity index (χ0) is 24.5. The van der Waals surface area contributed by atoms with Gasteiger partial charge in [-0.15, -0.1) is 0 Å². The number of aromatic nitrogens is 3. The van der Waals surface area contributed by atoms with Gasteiger partial charge in [0.25, 0.3) is 15.7 Å². The van der Waals surface area contributed by atoms with Crippen LogP contribution in [0.4, 0.5) is 24.7 Å². The minimum Gasteiger partial charge on any atom is -0.356 e. The fourth-order valence-corrected chi connectivity index (χ4v) is 4.43. The lowest BCUT2D eigenvalue weighted by Gasteiger charge is -2.21. The topological polar surface area (TPSA) is 105 Å². The zero-order valence-electron chi connectivity index (χ0n) is 18.0. The Balaban J connectivity index is 1.60. The van der Waals surface area contributed by atoms with Gasteiger partial charge >= 0.3 is 5.51 Å². The number of hydrogen-bond donors (Lipinski definition) is 1. The quantitative estimate of drug-likeness (QED) is 0.577. The molecule has 3 aromatic rings. The van der Waals surface area contributed by atoms with Crippen LogP contribution in [0.15, 0.2) is 60.1 Å². The number of amides is 1. The Morgan fingerprint density at radius 3 is 2.38 bits per heavy atom. The smallest absolute Gasteiger partial charge is 0.356 e. The number of nitrogens with zero attached hydrogens (tertiary/aromatic N) is 4. The van der Waals surface area contributed by atoms with Crippen molar-refractivity contribution in [3.8, 4) is 11.1 Å². The van der Waals surface area contributed by atoms with E-state index in [2.05, 4.69) is 32.1 Å². The second-order valence-electron chi connectivity index (χ2n) is 7.99. The molecule has 8 nitrogen and oxygen atoms in total. The maximum Gasteiger partial charge on any atom is 0.501 e. The van der Waals surface area contributed by atoms with Crippen LogP contribution >= 0.6 is 0 Å². The van der Waals surface area contributed by atoms with Crippen LogP contribution in [0.1, 0.15) is 23.7 Å². The van der Waals surface area contributed by atoms with Crippen LogP contribution in [0, 0.1) is 5.92 Å². The maximum atomic E-state index is 12.8. The summed E-state index contributed by atoms with van der Waals surface area (Å²) in [6.07, 6.45) is 7.08. The lowest BCUT2D eigenvalue weighted by Crippen LogP contribution is -2.23. The fraction of sp³-hybridized carbons (Fsp3) is 0.273. The van der Waals surface area contributed by atoms with Crippen molar-refractivity contribution >= 4 is 27.2 Å². The van der Waals surface area contributed by atoms with E-state index in [0.29, 0.717) is 22.9 Å². The number of hydrogen-bond acceptors (Lipinski definition) is 7. The number of rotatable bonds is 5. The van der Waals surface area contributed by atoms with Gasteiger partial charge in [-0.05, 0) is 42.7 Å². The molecule has 0 radical (unpaired) electrons. The molecule has 34 heavy (non-hydrogen) atoms. The lowest BCUT2D eigenvalue weighted by molar-refractivity contribution is -0.0436. The Bertz CT molecular complexity index is 1300. The van der Waals surface area contributed by atoms with Crippen LogP contribution < -0.4 is 10.2 Å². The molecule has 1 saturated heterocycles. The molecule has 3 heterocycles. The van der Waals surface area contributed by atoms with Gasteiger partial charge in [0.1, 0.15) is 12.1 Å². The molecule has 1 atom stereocenters. The van der Waals surface area contributed by atoms with Crippen molar-refractivity contribution in [2.45, 2.75) is 23.7 Å². The van der Waals surface area contributed by atoms with E-state index in [1.807, 2.05) is 0 Å². The van der Waals surface area contributed by atoms with E-state index in [1.165, 1.54) is 12.5 Å². The molecule has 0 saturated carbocycles. The lowest BCUT2D eigenvalue weighted by atomic mass is 10.1. The SMILES string of the molecule is C[C@@H]1CCN(c2ncc(C(=O)Nc3ccc(S(=O)(=O)C(F)(F)F)cc3)cc2-c2cncnc2)C1. The van der Waals surface area contributed by atoms with E-state index in [9.17, 15) is 26.4 Å². The number of carbonyl (C=O) groups excluding carboxylic acids is 1. The molecule has 0 unspecified atom stereocenters. The third kappa shape index (κ3) is 4.72. The first-order valence-electron chi connectivity index (χ1n) is 10.3. The molecule has 0 aliphatic carbocycles. The molecular weight excluding hydrogens is 471 g/mol. The summed E-state index contributed by atoms with van der Waals surface area (Å²) in [6, 6.07) is 5.43. The predicted octanol–water partition coefficient (Wildman–Crippen LogP) is 3.93. The molecule has 1 aliphatic rings. The first-order chi connectivity index (χ1) is 16.1. The minimum absolute atomic E-state index is 0.133. The summed E-state index contributed by atoms with van der Waals surface area (Å²) < 4.78 is 61.2. The fourth-order valence-electron chi connectivity index (χ4n) is 3.67. The summed E-state index contributed by atoms with van der Waals surface area (Å²) in [6.45, 7) is 3.80. The highest BCUT2D eigenvalue weighted by Crippen LogP contribution is 2.33. The number of anilines is 2. The molecule has 1 aromatic carbocycles. The van der Waals surface area contributed by atoms with Gasteiger partial charge in [-0.3, -0.25) is 4.79 Å². The summed E-state index contributed by atoms with van der Waals surface area (Å²) in [5.41, 5.74) is -3.71. The van der Waals surface area contributed by atoms with Gasteiger partial charge in [0.05, 0.1) is 10.5 Å². The highest BCUT2D eigenvalue weighted by molar-refractivity contribution is 7.92. The Morgan fingerprint density at radius 2 is 1.79 bits per heavy atom. The third-order valence-corrected chi connectivity index (χ3v) is 6.95. The van der Waals surface area contributed by atoms with Crippen LogP contribution in [0.3, 0.4) is 0 Å². The molecule has 12 heteroatoms. The van der Waals surface area contributed by atoms with Gasteiger partial charge < -0.3 is 10.2 Å². The van der Waals surface area contributed by atoms with E-state index in [0.717, 1.165) is 43.8 Å². The van der Waals surface area contributed by atoms with Gasteiger partial charge in [-0.1, -0.05) is 6.92 Å². The van der Waals surface area contributed by atoms with Gasteiger partial charge in [-0.25, -0.2) is 23.4 Å². The Kier molecular flexibility index (Phi) is 6.26. The minimum atomic E-state index is -5.47. The molecule has 2 aromatic heterocycles. The molecule has 0 bridgehead atoms. The van der Waals surface area contributed by atoms with E-state index in [4.69, 9.17) is 0 Å². The Morgan fingerprint density at radius 1 is 1.12 bits per heavy atom. The second-order valence-corrected chi connectivity index (χ2v) is 9.93. The number of halogens is 3. The van der Waals surface area contributed by atoms with Gasteiger partial charge in [0.2, 0.25) is 0 Å². The second kappa shape index (κ2) is 9.01. The molecule has 1 aliphatic heterocycles. The first-order valence-corrected chi connectivity index (χ1v) is 11.8. The molecule has 4 rings (SSSR count). The highest BCUT2D eigenvalue weighted by atomic mass is 32.2. The number of nitrogens with one attached hydrogen (secondary N) is 1. The summed E-state index contributed by atoms with van der Waals surface area (Å²) in [5, 5.41) is 2.55. The van der Waals surface area contributed by atoms with Crippen molar-refractivity contribution in [3.63, 3.8) is 0 Å². The van der Waals surface area contributed by atoms with Crippen LogP contribution in [-0.4, -0.2) is 47.9 Å². The van der Waals surface area contributed by atoms with E-state index >= 15 is 0 Å². The molecule has 0 spiro atoms. The summed E-state index contributed by atoms with van der Waals surface area (Å²) in [7, 11) is -5.47. The van der Waals surface area contributed by atoms with Crippen molar-refractivity contribution in [1.29, 1.82) is 0 Å². The Labute approximate surface area is 193 Å². The van der Waals surface area contributed by atoms with Crippen LogP contribution in [0.2, 0.25) is 0 Å². The highest BCUT2D eigenvalue weighted by Gasteiger charge is 2.46. The summed E-state index contributed by atoms with van der Waals surface area (Å²) >= 11 is 0. The van der Waals surface area contributed by atoms with Gasteiger partial charge in [-0.2, -0.15) is 13.2 Å². The number of pyridine rings is 1. The van der Waals surface area contributed by atoms with Crippen LogP contribution in [0.25, 0.3) is 11.1 Å². The van der Waals surface area contributed by atoms with Crippen molar-refractivity contribution in [3.05, 3.63) is 60.8 Å². The average Bonchev–Trinajstić information content (AvgIpc) is 3.25. The van der Waals surface area contributed by atoms with Crippen molar-refractivity contribution in [2.75, 3.05) is 23.3 Å². The van der Waals surface area contributed by atoms with Crippen molar-refractivity contribution in [2.24, 2.45) is 5.92 Å². The third-order valence-electron chi connectivity index (χ3n) is 5.45. The monoisotopic (exact) mass is 491 g/mol. The largest absolute Gasteiger partial charge is 0.501 e. The average molecular weight is 491 g/mol. The van der Waals surface area contributed by atoms with Crippen LogP contribution in [-0.2, 0) is 9.84 Å². The van der Waals surface area contributed by atoms with Crippen molar-refractivity contribution in [1.82, 2.24) is 15.0 Å². The van der Waals surface area contributed by atoms with E-state index in [-0.39, 0.29) is 11.3 Å². The number of alkyl halides is 3. The summed E-state index contributed by atoms with van der Waals surface area (Å²) in [4.78, 5) is 26.7. The van der Waals surface area contributed by atoms with E-state index < -0.39 is 26.1 Å². The number of benzene rings is 1. The molecular formula is C22H20F3N5O3S. The normalized spacial score (nSPS) is 16.5. The predicted molar refractivity (Wildman–Crippen MR) is 119 cm³/mol. The summed E-state index contributed by atoms with van der Waals surface area (Å²) in [5.74, 6) is 0.657. The number of carbonyl (C=O) groups is 1. The van der Waals surface area contributed by atoms with Crippen LogP contribution in [0.5, 0.6) is 0 Å². The molecule has 1 N–H and O–H groups in total. The zero-order valence-corrected chi connectivity index (χ0v) is 18.8.